The number of hydrogen-bond acceptors (Lipinski definition) is 2. The second-order valence-electron chi connectivity index (χ2n) is 2.44. The summed E-state index contributed by atoms with van der Waals surface area (Å²) in [6.45, 7) is 0. The summed E-state index contributed by atoms with van der Waals surface area (Å²) in [5.74, 6) is 6.10. The Morgan fingerprint density at radius 2 is 1.43 bits per heavy atom. The summed E-state index contributed by atoms with van der Waals surface area (Å²) >= 11 is 3.04. The van der Waals surface area contributed by atoms with Gasteiger partial charge in [-0.1, -0.05) is 41.4 Å². The van der Waals surface area contributed by atoms with Crippen LogP contribution in [-0.2, 0) is 0 Å². The Bertz CT molecular complexity index is 376. The Labute approximate surface area is 93.9 Å². The fourth-order valence-electron chi connectivity index (χ4n) is 0.895. The molecule has 0 saturated carbocycles. The molecular weight excluding hydrogens is 208 g/mol. The van der Waals surface area contributed by atoms with Crippen LogP contribution in [-0.4, -0.2) is 12.5 Å². The zero-order valence-corrected chi connectivity index (χ0v) is 9.76. The van der Waals surface area contributed by atoms with Gasteiger partial charge in [0.2, 0.25) is 0 Å². The quantitative estimate of drug-likeness (QED) is 0.614. The van der Waals surface area contributed by atoms with Gasteiger partial charge in [0.15, 0.2) is 0 Å². The Hall–Kier alpha value is -0.960. The molecule has 0 bridgehead atoms. The van der Waals surface area contributed by atoms with E-state index in [0.29, 0.717) is 0 Å². The number of hydrogen-bond donors (Lipinski definition) is 0. The van der Waals surface area contributed by atoms with Crippen LogP contribution in [0.3, 0.4) is 0 Å². The van der Waals surface area contributed by atoms with Crippen LogP contribution in [0, 0.1) is 22.3 Å². The molecule has 1 aromatic carbocycles. The minimum atomic E-state index is 1.02. The van der Waals surface area contributed by atoms with E-state index in [-0.39, 0.29) is 0 Å². The Kier molecular flexibility index (Phi) is 5.15. The van der Waals surface area contributed by atoms with Gasteiger partial charge in [0.25, 0.3) is 0 Å². The molecule has 0 aliphatic carbocycles. The summed E-state index contributed by atoms with van der Waals surface area (Å²) in [4.78, 5) is 0. The molecule has 0 nitrogen and oxygen atoms in total. The van der Waals surface area contributed by atoms with Gasteiger partial charge < -0.3 is 0 Å². The van der Waals surface area contributed by atoms with Crippen molar-refractivity contribution in [2.75, 3.05) is 12.5 Å². The fraction of sp³-hybridized carbons (Fsp3) is 0.167. The van der Waals surface area contributed by atoms with Crippen LogP contribution in [0.2, 0.25) is 0 Å². The first kappa shape index (κ1) is 11.1. The molecule has 0 atom stereocenters. The molecule has 0 aliphatic heterocycles. The highest BCUT2D eigenvalue weighted by Gasteiger charge is 1.88. The standard InChI is InChI=1S/C12H10S2/c1-13-8-6-11-4-3-5-12(10-11)7-9-14-2/h3-5,10H,1-2H3. The lowest BCUT2D eigenvalue weighted by Gasteiger charge is -1.91. The first-order valence-corrected chi connectivity index (χ1v) is 6.50. The average Bonchev–Trinajstić information content (AvgIpc) is 2.24. The summed E-state index contributed by atoms with van der Waals surface area (Å²) in [6.07, 6.45) is 3.93. The molecule has 0 aromatic heterocycles. The number of benzene rings is 1. The van der Waals surface area contributed by atoms with Crippen molar-refractivity contribution in [2.45, 2.75) is 0 Å². The van der Waals surface area contributed by atoms with Crippen molar-refractivity contribution >= 4 is 23.5 Å². The predicted octanol–water partition coefficient (Wildman–Crippen LogP) is 3.03. The zero-order chi connectivity index (χ0) is 10.2. The summed E-state index contributed by atoms with van der Waals surface area (Å²) in [5.41, 5.74) is 2.04. The van der Waals surface area contributed by atoms with Gasteiger partial charge in [0, 0.05) is 11.1 Å². The van der Waals surface area contributed by atoms with E-state index < -0.39 is 0 Å². The zero-order valence-electron chi connectivity index (χ0n) is 8.13. The molecular formula is C12H10S2. The highest BCUT2D eigenvalue weighted by atomic mass is 32.2. The van der Waals surface area contributed by atoms with Crippen molar-refractivity contribution in [1.29, 1.82) is 0 Å². The molecule has 0 spiro atoms. The summed E-state index contributed by atoms with van der Waals surface area (Å²) < 4.78 is 0. The molecule has 0 N–H and O–H groups in total. The van der Waals surface area contributed by atoms with Crippen molar-refractivity contribution < 1.29 is 0 Å². The van der Waals surface area contributed by atoms with Crippen molar-refractivity contribution in [3.63, 3.8) is 0 Å². The second-order valence-corrected chi connectivity index (χ2v) is 3.67. The van der Waals surface area contributed by atoms with Crippen LogP contribution >= 0.6 is 23.5 Å². The van der Waals surface area contributed by atoms with Crippen LogP contribution in [0.4, 0.5) is 0 Å². The maximum atomic E-state index is 3.05. The molecule has 1 rings (SSSR count). The van der Waals surface area contributed by atoms with Gasteiger partial charge in [0.05, 0.1) is 0 Å². The predicted molar refractivity (Wildman–Crippen MR) is 67.2 cm³/mol. The lowest BCUT2D eigenvalue weighted by atomic mass is 10.1. The van der Waals surface area contributed by atoms with Gasteiger partial charge >= 0.3 is 0 Å². The highest BCUT2D eigenvalue weighted by Crippen LogP contribution is 2.03. The topological polar surface area (TPSA) is 0 Å². The Balaban J connectivity index is 2.89. The summed E-state index contributed by atoms with van der Waals surface area (Å²) in [6, 6.07) is 7.97. The van der Waals surface area contributed by atoms with E-state index in [4.69, 9.17) is 0 Å². The third-order valence-corrected chi connectivity index (χ3v) is 2.07. The van der Waals surface area contributed by atoms with E-state index >= 15 is 0 Å². The van der Waals surface area contributed by atoms with Crippen LogP contribution in [0.1, 0.15) is 11.1 Å². The molecule has 0 saturated heterocycles. The number of rotatable bonds is 0. The first-order chi connectivity index (χ1) is 6.86. The van der Waals surface area contributed by atoms with E-state index in [9.17, 15) is 0 Å². The molecule has 1 aromatic rings. The summed E-state index contributed by atoms with van der Waals surface area (Å²) in [7, 11) is 0. The highest BCUT2D eigenvalue weighted by molar-refractivity contribution is 8.03. The molecule has 0 radical (unpaired) electrons. The molecule has 0 aliphatic rings. The Morgan fingerprint density at radius 3 is 1.86 bits per heavy atom. The number of thioether (sulfide) groups is 2. The lowest BCUT2D eigenvalue weighted by molar-refractivity contribution is 1.60. The third kappa shape index (κ3) is 3.83. The second kappa shape index (κ2) is 6.49. The van der Waals surface area contributed by atoms with E-state index in [0.717, 1.165) is 11.1 Å². The molecule has 2 heteroatoms. The minimum Gasteiger partial charge on any atom is -0.0781 e. The van der Waals surface area contributed by atoms with Crippen molar-refractivity contribution in [3.8, 4) is 22.3 Å². The maximum Gasteiger partial charge on any atom is 0.0266 e. The fourth-order valence-corrected chi connectivity index (χ4v) is 1.33. The molecule has 0 heterocycles. The van der Waals surface area contributed by atoms with Gasteiger partial charge in [-0.3, -0.25) is 0 Å². The lowest BCUT2D eigenvalue weighted by Crippen LogP contribution is -1.77. The van der Waals surface area contributed by atoms with Crippen molar-refractivity contribution in [3.05, 3.63) is 35.4 Å². The van der Waals surface area contributed by atoms with E-state index in [1.165, 1.54) is 23.5 Å². The van der Waals surface area contributed by atoms with Crippen molar-refractivity contribution in [2.24, 2.45) is 0 Å². The van der Waals surface area contributed by atoms with Gasteiger partial charge in [-0.15, -0.1) is 0 Å². The van der Waals surface area contributed by atoms with Crippen molar-refractivity contribution in [1.82, 2.24) is 0 Å². The monoisotopic (exact) mass is 218 g/mol. The molecule has 70 valence electrons. The smallest absolute Gasteiger partial charge is 0.0266 e. The molecule has 0 amide bonds. The van der Waals surface area contributed by atoms with Crippen LogP contribution in [0.15, 0.2) is 24.3 Å². The largest absolute Gasteiger partial charge is 0.0781 e. The van der Waals surface area contributed by atoms with E-state index in [2.05, 4.69) is 22.3 Å². The third-order valence-electron chi connectivity index (χ3n) is 1.46. The first-order valence-electron chi connectivity index (χ1n) is 4.05. The van der Waals surface area contributed by atoms with E-state index in [1.807, 2.05) is 36.8 Å². The normalized spacial score (nSPS) is 8.14. The van der Waals surface area contributed by atoms with Gasteiger partial charge in [0.1, 0.15) is 0 Å². The van der Waals surface area contributed by atoms with Crippen LogP contribution in [0.25, 0.3) is 0 Å². The summed E-state index contributed by atoms with van der Waals surface area (Å²) in [5, 5.41) is 5.92. The minimum absolute atomic E-state index is 1.02. The SMILES string of the molecule is CSC#Cc1cccc(C#CSC)c1. The van der Waals surface area contributed by atoms with Gasteiger partial charge in [-0.2, -0.15) is 0 Å². The molecule has 0 unspecified atom stereocenters. The van der Waals surface area contributed by atoms with Crippen LogP contribution < -0.4 is 0 Å². The average molecular weight is 218 g/mol. The van der Waals surface area contributed by atoms with E-state index in [1.54, 1.807) is 0 Å². The molecule has 14 heavy (non-hydrogen) atoms. The Morgan fingerprint density at radius 1 is 0.929 bits per heavy atom. The maximum absolute atomic E-state index is 3.05. The van der Waals surface area contributed by atoms with Crippen LogP contribution in [0.5, 0.6) is 0 Å². The molecule has 0 fully saturated rings. The van der Waals surface area contributed by atoms with Gasteiger partial charge in [-0.05, 0) is 41.2 Å². The van der Waals surface area contributed by atoms with Gasteiger partial charge in [-0.25, -0.2) is 0 Å².